The zero-order chi connectivity index (χ0) is 19.4. The standard InChI is InChI=1S/C21H25F2N3O/c1-15-6-3-4-7-17(15)14-25-10-12-26(13-11-25)16(2)21(27)24-20-18(22)8-5-9-19(20)23/h3-9,16H,10-14H2,1-2H3,(H,24,27). The second kappa shape index (κ2) is 8.59. The van der Waals surface area contributed by atoms with E-state index in [1.807, 2.05) is 17.0 Å². The number of carbonyl (C=O) groups is 1. The van der Waals surface area contributed by atoms with Crippen LogP contribution in [0.3, 0.4) is 0 Å². The van der Waals surface area contributed by atoms with Gasteiger partial charge in [-0.1, -0.05) is 30.3 Å². The molecule has 1 aliphatic heterocycles. The molecule has 1 atom stereocenters. The van der Waals surface area contributed by atoms with Crippen molar-refractivity contribution in [2.75, 3.05) is 31.5 Å². The second-order valence-corrected chi connectivity index (χ2v) is 7.00. The van der Waals surface area contributed by atoms with Gasteiger partial charge in [-0.2, -0.15) is 0 Å². The first kappa shape index (κ1) is 19.5. The van der Waals surface area contributed by atoms with Crippen molar-refractivity contribution in [1.29, 1.82) is 0 Å². The molecule has 144 valence electrons. The SMILES string of the molecule is Cc1ccccc1CN1CCN(C(C)C(=O)Nc2c(F)cccc2F)CC1. The molecular formula is C21H25F2N3O. The van der Waals surface area contributed by atoms with Gasteiger partial charge in [-0.3, -0.25) is 14.6 Å². The van der Waals surface area contributed by atoms with Crippen LogP contribution in [-0.4, -0.2) is 47.9 Å². The summed E-state index contributed by atoms with van der Waals surface area (Å²) >= 11 is 0. The van der Waals surface area contributed by atoms with Gasteiger partial charge in [-0.25, -0.2) is 8.78 Å². The maximum Gasteiger partial charge on any atom is 0.241 e. The van der Waals surface area contributed by atoms with Crippen molar-refractivity contribution in [3.05, 3.63) is 65.2 Å². The Kier molecular flexibility index (Phi) is 6.19. The highest BCUT2D eigenvalue weighted by Crippen LogP contribution is 2.19. The average molecular weight is 373 g/mol. The summed E-state index contributed by atoms with van der Waals surface area (Å²) in [5, 5.41) is 2.39. The molecule has 0 saturated carbocycles. The lowest BCUT2D eigenvalue weighted by molar-refractivity contribution is -0.121. The molecule has 1 saturated heterocycles. The molecule has 1 aliphatic rings. The number of anilines is 1. The molecule has 27 heavy (non-hydrogen) atoms. The van der Waals surface area contributed by atoms with Gasteiger partial charge in [-0.05, 0) is 37.1 Å². The normalized spacial score (nSPS) is 16.9. The lowest BCUT2D eigenvalue weighted by Gasteiger charge is -2.37. The van der Waals surface area contributed by atoms with Gasteiger partial charge in [0.25, 0.3) is 0 Å². The number of aryl methyl sites for hydroxylation is 1. The van der Waals surface area contributed by atoms with Gasteiger partial charge in [0.15, 0.2) is 0 Å². The van der Waals surface area contributed by atoms with E-state index in [1.165, 1.54) is 17.2 Å². The first-order valence-electron chi connectivity index (χ1n) is 9.21. The van der Waals surface area contributed by atoms with Crippen LogP contribution in [0, 0.1) is 18.6 Å². The number of nitrogens with one attached hydrogen (secondary N) is 1. The van der Waals surface area contributed by atoms with Gasteiger partial charge in [0.1, 0.15) is 17.3 Å². The van der Waals surface area contributed by atoms with Crippen molar-refractivity contribution < 1.29 is 13.6 Å². The van der Waals surface area contributed by atoms with Crippen LogP contribution in [0.15, 0.2) is 42.5 Å². The molecule has 2 aromatic rings. The Labute approximate surface area is 158 Å². The third-order valence-corrected chi connectivity index (χ3v) is 5.20. The Balaban J connectivity index is 1.54. The molecule has 1 fully saturated rings. The van der Waals surface area contributed by atoms with E-state index in [1.54, 1.807) is 6.92 Å². The summed E-state index contributed by atoms with van der Waals surface area (Å²) in [6.45, 7) is 7.94. The molecule has 0 radical (unpaired) electrons. The predicted molar refractivity (Wildman–Crippen MR) is 102 cm³/mol. The summed E-state index contributed by atoms with van der Waals surface area (Å²) in [5.74, 6) is -1.93. The number of rotatable bonds is 5. The molecule has 6 heteroatoms. The van der Waals surface area contributed by atoms with E-state index < -0.39 is 23.6 Å². The van der Waals surface area contributed by atoms with Crippen LogP contribution >= 0.6 is 0 Å². The van der Waals surface area contributed by atoms with Crippen molar-refractivity contribution in [3.8, 4) is 0 Å². The third-order valence-electron chi connectivity index (χ3n) is 5.20. The highest BCUT2D eigenvalue weighted by atomic mass is 19.1. The monoisotopic (exact) mass is 373 g/mol. The topological polar surface area (TPSA) is 35.6 Å². The molecule has 0 aliphatic carbocycles. The van der Waals surface area contributed by atoms with Crippen molar-refractivity contribution in [2.24, 2.45) is 0 Å². The quantitative estimate of drug-likeness (QED) is 0.872. The van der Waals surface area contributed by atoms with E-state index in [0.717, 1.165) is 44.9 Å². The Morgan fingerprint density at radius 2 is 1.67 bits per heavy atom. The molecule has 1 unspecified atom stereocenters. The number of amides is 1. The zero-order valence-electron chi connectivity index (χ0n) is 15.7. The van der Waals surface area contributed by atoms with Crippen LogP contribution in [0.2, 0.25) is 0 Å². The summed E-state index contributed by atoms with van der Waals surface area (Å²) in [6.07, 6.45) is 0. The lowest BCUT2D eigenvalue weighted by atomic mass is 10.1. The highest BCUT2D eigenvalue weighted by molar-refractivity contribution is 5.94. The molecule has 1 amide bonds. The third kappa shape index (κ3) is 4.70. The predicted octanol–water partition coefficient (Wildman–Crippen LogP) is 3.42. The van der Waals surface area contributed by atoms with Crippen molar-refractivity contribution in [2.45, 2.75) is 26.4 Å². The van der Waals surface area contributed by atoms with Crippen molar-refractivity contribution >= 4 is 11.6 Å². The van der Waals surface area contributed by atoms with Gasteiger partial charge < -0.3 is 5.32 Å². The van der Waals surface area contributed by atoms with E-state index in [4.69, 9.17) is 0 Å². The Hall–Kier alpha value is -2.31. The molecule has 4 nitrogen and oxygen atoms in total. The molecule has 1 N–H and O–H groups in total. The van der Waals surface area contributed by atoms with Crippen LogP contribution in [0.1, 0.15) is 18.1 Å². The van der Waals surface area contributed by atoms with Crippen molar-refractivity contribution in [1.82, 2.24) is 9.80 Å². The molecule has 1 heterocycles. The van der Waals surface area contributed by atoms with Gasteiger partial charge in [0, 0.05) is 32.7 Å². The Morgan fingerprint density at radius 3 is 2.30 bits per heavy atom. The lowest BCUT2D eigenvalue weighted by Crippen LogP contribution is -2.52. The fourth-order valence-electron chi connectivity index (χ4n) is 3.35. The van der Waals surface area contributed by atoms with E-state index >= 15 is 0 Å². The number of nitrogens with zero attached hydrogens (tertiary/aromatic N) is 2. The van der Waals surface area contributed by atoms with E-state index in [9.17, 15) is 13.6 Å². The molecule has 3 rings (SSSR count). The first-order valence-corrected chi connectivity index (χ1v) is 9.21. The smallest absolute Gasteiger partial charge is 0.241 e. The molecule has 2 aromatic carbocycles. The maximum atomic E-state index is 13.7. The minimum absolute atomic E-state index is 0.382. The van der Waals surface area contributed by atoms with E-state index in [-0.39, 0.29) is 5.69 Å². The van der Waals surface area contributed by atoms with Gasteiger partial charge in [0.05, 0.1) is 6.04 Å². The number of hydrogen-bond acceptors (Lipinski definition) is 3. The minimum atomic E-state index is -0.765. The Bertz CT molecular complexity index is 784. The minimum Gasteiger partial charge on any atom is -0.320 e. The number of halogens is 2. The van der Waals surface area contributed by atoms with Crippen LogP contribution in [0.4, 0.5) is 14.5 Å². The summed E-state index contributed by atoms with van der Waals surface area (Å²) in [6, 6.07) is 11.4. The number of carbonyl (C=O) groups excluding carboxylic acids is 1. The zero-order valence-corrected chi connectivity index (χ0v) is 15.7. The summed E-state index contributed by atoms with van der Waals surface area (Å²) in [7, 11) is 0. The highest BCUT2D eigenvalue weighted by Gasteiger charge is 2.26. The summed E-state index contributed by atoms with van der Waals surface area (Å²) < 4.78 is 27.5. The summed E-state index contributed by atoms with van der Waals surface area (Å²) in [5.41, 5.74) is 2.21. The molecule has 0 bridgehead atoms. The average Bonchev–Trinajstić information content (AvgIpc) is 2.66. The number of piperazine rings is 1. The van der Waals surface area contributed by atoms with Crippen LogP contribution in [0.25, 0.3) is 0 Å². The van der Waals surface area contributed by atoms with Crippen LogP contribution in [0.5, 0.6) is 0 Å². The van der Waals surface area contributed by atoms with Crippen molar-refractivity contribution in [3.63, 3.8) is 0 Å². The van der Waals surface area contributed by atoms with Gasteiger partial charge in [-0.15, -0.1) is 0 Å². The maximum absolute atomic E-state index is 13.7. The van der Waals surface area contributed by atoms with Crippen LogP contribution in [-0.2, 0) is 11.3 Å². The number of hydrogen-bond donors (Lipinski definition) is 1. The number of benzene rings is 2. The van der Waals surface area contributed by atoms with E-state index in [0.29, 0.717) is 0 Å². The molecule has 0 aromatic heterocycles. The van der Waals surface area contributed by atoms with Gasteiger partial charge >= 0.3 is 0 Å². The largest absolute Gasteiger partial charge is 0.320 e. The molecular weight excluding hydrogens is 348 g/mol. The number of para-hydroxylation sites is 1. The fourth-order valence-corrected chi connectivity index (χ4v) is 3.35. The van der Waals surface area contributed by atoms with Crippen LogP contribution < -0.4 is 5.32 Å². The van der Waals surface area contributed by atoms with E-state index in [2.05, 4.69) is 29.3 Å². The Morgan fingerprint density at radius 1 is 1.04 bits per heavy atom. The second-order valence-electron chi connectivity index (χ2n) is 7.00. The van der Waals surface area contributed by atoms with Gasteiger partial charge in [0.2, 0.25) is 5.91 Å². The summed E-state index contributed by atoms with van der Waals surface area (Å²) in [4.78, 5) is 16.8. The fraction of sp³-hybridized carbons (Fsp3) is 0.381. The first-order chi connectivity index (χ1) is 13.0. The molecule has 0 spiro atoms.